The van der Waals surface area contributed by atoms with E-state index in [4.69, 9.17) is 5.73 Å². The number of nitrogens with two attached hydrogens (primary N) is 1. The van der Waals surface area contributed by atoms with Crippen molar-refractivity contribution >= 4 is 0 Å². The highest BCUT2D eigenvalue weighted by atomic mass is 19.2. The summed E-state index contributed by atoms with van der Waals surface area (Å²) < 4.78 is 65.9. The molecule has 5 nitrogen and oxygen atoms in total. The molecule has 0 aliphatic heterocycles. The second kappa shape index (κ2) is 4.29. The average molecular weight is 265 g/mol. The Morgan fingerprint density at radius 1 is 0.889 bits per heavy atom. The summed E-state index contributed by atoms with van der Waals surface area (Å²) in [5.41, 5.74) is 3.90. The monoisotopic (exact) mass is 265 g/mol. The summed E-state index contributed by atoms with van der Waals surface area (Å²) in [6, 6.07) is 0. The summed E-state index contributed by atoms with van der Waals surface area (Å²) in [5, 5.41) is 9.45. The topological polar surface area (TPSA) is 69.6 Å². The molecule has 2 N–H and O–H groups in total. The van der Waals surface area contributed by atoms with Crippen molar-refractivity contribution in [2.45, 2.75) is 6.54 Å². The molecule has 0 amide bonds. The average Bonchev–Trinajstić information content (AvgIpc) is 2.82. The number of hydrogen-bond donors (Lipinski definition) is 1. The van der Waals surface area contributed by atoms with Gasteiger partial charge in [-0.1, -0.05) is 0 Å². The number of halogens is 5. The lowest BCUT2D eigenvalue weighted by molar-refractivity contribution is 0.372. The van der Waals surface area contributed by atoms with Crippen LogP contribution in [0, 0.1) is 29.1 Å². The minimum Gasteiger partial charge on any atom is -0.324 e. The van der Waals surface area contributed by atoms with Gasteiger partial charge in [-0.3, -0.25) is 0 Å². The molecular formula is C8H4F5N5. The number of tetrazole rings is 1. The molecule has 0 unspecified atom stereocenters. The van der Waals surface area contributed by atoms with E-state index in [0.717, 1.165) is 0 Å². The van der Waals surface area contributed by atoms with Crippen LogP contribution in [0.15, 0.2) is 0 Å². The summed E-state index contributed by atoms with van der Waals surface area (Å²) in [7, 11) is 0. The van der Waals surface area contributed by atoms with E-state index >= 15 is 0 Å². The molecule has 2 rings (SSSR count). The van der Waals surface area contributed by atoms with Crippen LogP contribution in [0.4, 0.5) is 22.0 Å². The van der Waals surface area contributed by atoms with Crippen LogP contribution in [0.1, 0.15) is 5.82 Å². The molecule has 10 heteroatoms. The lowest BCUT2D eigenvalue weighted by atomic mass is 10.2. The normalized spacial score (nSPS) is 11.0. The van der Waals surface area contributed by atoms with E-state index in [9.17, 15) is 22.0 Å². The Morgan fingerprint density at radius 3 is 1.89 bits per heavy atom. The van der Waals surface area contributed by atoms with Crippen LogP contribution < -0.4 is 5.73 Å². The lowest BCUT2D eigenvalue weighted by Crippen LogP contribution is -2.15. The zero-order chi connectivity index (χ0) is 13.4. The highest BCUT2D eigenvalue weighted by molar-refractivity contribution is 5.37. The third-order valence-corrected chi connectivity index (χ3v) is 2.12. The van der Waals surface area contributed by atoms with Crippen molar-refractivity contribution in [3.63, 3.8) is 0 Å². The number of hydrogen-bond acceptors (Lipinski definition) is 4. The Hall–Kier alpha value is -2.10. The third kappa shape index (κ3) is 1.61. The summed E-state index contributed by atoms with van der Waals surface area (Å²) in [6.45, 7) is -0.341. The molecule has 0 radical (unpaired) electrons. The second-order valence-corrected chi connectivity index (χ2v) is 3.13. The van der Waals surface area contributed by atoms with Crippen molar-refractivity contribution in [2.75, 3.05) is 0 Å². The predicted molar refractivity (Wildman–Crippen MR) is 46.8 cm³/mol. The van der Waals surface area contributed by atoms with Gasteiger partial charge in [-0.05, 0) is 10.4 Å². The summed E-state index contributed by atoms with van der Waals surface area (Å²) in [5.74, 6) is -10.7. The third-order valence-electron chi connectivity index (χ3n) is 2.12. The molecule has 0 aliphatic carbocycles. The van der Waals surface area contributed by atoms with E-state index in [0.29, 0.717) is 4.68 Å². The summed E-state index contributed by atoms with van der Waals surface area (Å²) >= 11 is 0. The zero-order valence-corrected chi connectivity index (χ0v) is 8.46. The molecule has 0 saturated carbocycles. The molecule has 1 heterocycles. The Morgan fingerprint density at radius 2 is 1.39 bits per heavy atom. The van der Waals surface area contributed by atoms with Gasteiger partial charge in [0, 0.05) is 0 Å². The Bertz CT molecular complexity index is 581. The van der Waals surface area contributed by atoms with Gasteiger partial charge < -0.3 is 5.73 Å². The molecule has 0 atom stereocenters. The minimum atomic E-state index is -2.25. The Kier molecular flexibility index (Phi) is 2.95. The van der Waals surface area contributed by atoms with Crippen LogP contribution >= 0.6 is 0 Å². The zero-order valence-electron chi connectivity index (χ0n) is 8.46. The molecule has 96 valence electrons. The van der Waals surface area contributed by atoms with Gasteiger partial charge >= 0.3 is 0 Å². The molecule has 18 heavy (non-hydrogen) atoms. The molecule has 0 saturated heterocycles. The maximum Gasteiger partial charge on any atom is 0.200 e. The van der Waals surface area contributed by atoms with E-state index in [1.807, 2.05) is 0 Å². The molecule has 2 aromatic rings. The van der Waals surface area contributed by atoms with Gasteiger partial charge in [0.2, 0.25) is 5.82 Å². The van der Waals surface area contributed by atoms with Crippen LogP contribution in [0.25, 0.3) is 5.69 Å². The van der Waals surface area contributed by atoms with Gasteiger partial charge in [-0.25, -0.2) is 22.0 Å². The van der Waals surface area contributed by atoms with Gasteiger partial charge in [0.05, 0.1) is 6.54 Å². The van der Waals surface area contributed by atoms with Crippen LogP contribution in [0.2, 0.25) is 0 Å². The first kappa shape index (κ1) is 12.4. The van der Waals surface area contributed by atoms with Crippen LogP contribution in [0.5, 0.6) is 0 Å². The molecular weight excluding hydrogens is 261 g/mol. The number of aromatic nitrogens is 4. The number of benzene rings is 1. The van der Waals surface area contributed by atoms with Crippen molar-refractivity contribution in [3.05, 3.63) is 34.9 Å². The fourth-order valence-electron chi connectivity index (χ4n) is 1.29. The molecule has 0 bridgehead atoms. The number of rotatable bonds is 2. The first-order valence-electron chi connectivity index (χ1n) is 4.48. The first-order chi connectivity index (χ1) is 8.49. The smallest absolute Gasteiger partial charge is 0.200 e. The van der Waals surface area contributed by atoms with Gasteiger partial charge in [0.25, 0.3) is 0 Å². The van der Waals surface area contributed by atoms with Crippen LogP contribution in [-0.4, -0.2) is 20.2 Å². The molecule has 0 aliphatic rings. The predicted octanol–water partition coefficient (Wildman–Crippen LogP) is 0.817. The van der Waals surface area contributed by atoms with E-state index in [2.05, 4.69) is 15.5 Å². The quantitative estimate of drug-likeness (QED) is 0.495. The van der Waals surface area contributed by atoms with Crippen LogP contribution in [-0.2, 0) is 6.54 Å². The molecule has 0 fully saturated rings. The van der Waals surface area contributed by atoms with Gasteiger partial charge in [0.1, 0.15) is 5.69 Å². The van der Waals surface area contributed by atoms with Crippen molar-refractivity contribution < 1.29 is 22.0 Å². The maximum absolute atomic E-state index is 13.4. The van der Waals surface area contributed by atoms with Crippen molar-refractivity contribution in [1.82, 2.24) is 20.2 Å². The first-order valence-corrected chi connectivity index (χ1v) is 4.48. The Labute approximate surface area is 96.0 Å². The fourth-order valence-corrected chi connectivity index (χ4v) is 1.29. The number of nitrogens with zero attached hydrogens (tertiary/aromatic N) is 4. The van der Waals surface area contributed by atoms with Gasteiger partial charge in [-0.15, -0.1) is 5.10 Å². The largest absolute Gasteiger partial charge is 0.324 e. The van der Waals surface area contributed by atoms with Crippen molar-refractivity contribution in [1.29, 1.82) is 0 Å². The second-order valence-electron chi connectivity index (χ2n) is 3.13. The van der Waals surface area contributed by atoms with Crippen LogP contribution in [0.3, 0.4) is 0 Å². The van der Waals surface area contributed by atoms with E-state index < -0.39 is 34.8 Å². The lowest BCUT2D eigenvalue weighted by Gasteiger charge is -2.08. The summed E-state index contributed by atoms with van der Waals surface area (Å²) in [6.07, 6.45) is 0. The van der Waals surface area contributed by atoms with E-state index in [1.54, 1.807) is 0 Å². The standard InChI is InChI=1S/C8H4F5N5/c9-3-4(10)6(12)8(7(13)5(3)11)18-2(1-14)15-16-17-18/h1,14H2. The van der Waals surface area contributed by atoms with Crippen molar-refractivity contribution in [3.8, 4) is 5.69 Å². The Balaban J connectivity index is 2.80. The van der Waals surface area contributed by atoms with Gasteiger partial charge in [0.15, 0.2) is 29.1 Å². The van der Waals surface area contributed by atoms with E-state index in [1.165, 1.54) is 0 Å². The summed E-state index contributed by atoms with van der Waals surface area (Å²) in [4.78, 5) is 0. The minimum absolute atomic E-state index is 0.252. The molecule has 1 aromatic heterocycles. The van der Waals surface area contributed by atoms with Crippen molar-refractivity contribution in [2.24, 2.45) is 5.73 Å². The molecule has 0 spiro atoms. The fraction of sp³-hybridized carbons (Fsp3) is 0.125. The van der Waals surface area contributed by atoms with E-state index in [-0.39, 0.29) is 12.4 Å². The SMILES string of the molecule is NCc1nnnn1-c1c(F)c(F)c(F)c(F)c1F. The highest BCUT2D eigenvalue weighted by Crippen LogP contribution is 2.25. The maximum atomic E-state index is 13.4. The highest BCUT2D eigenvalue weighted by Gasteiger charge is 2.28. The van der Waals surface area contributed by atoms with Gasteiger partial charge in [-0.2, -0.15) is 4.68 Å². The molecule has 1 aromatic carbocycles.